The van der Waals surface area contributed by atoms with Crippen molar-refractivity contribution in [2.45, 2.75) is 43.5 Å². The summed E-state index contributed by atoms with van der Waals surface area (Å²) >= 11 is 3.50. The quantitative estimate of drug-likeness (QED) is 0.291. The summed E-state index contributed by atoms with van der Waals surface area (Å²) in [5, 5.41) is 5.45. The number of thiazole rings is 1. The van der Waals surface area contributed by atoms with Gasteiger partial charge >= 0.3 is 0 Å². The standard InChI is InChI=1S/C20H34N6OS2/c1-3-21-19(22-7-6-15-28-20-23-8-16-29-20)26-13-11-24(12-14-26)17(2)18(27)25-9-4-5-10-25/h8,16-17H,3-7,9-15H2,1-2H3,(H,21,22). The Bertz CT molecular complexity index is 639. The molecule has 9 heteroatoms. The molecule has 1 N–H and O–H groups in total. The molecule has 1 unspecified atom stereocenters. The maximum absolute atomic E-state index is 12.7. The minimum absolute atomic E-state index is 0.0161. The van der Waals surface area contributed by atoms with Gasteiger partial charge in [-0.2, -0.15) is 0 Å². The van der Waals surface area contributed by atoms with Gasteiger partial charge in [-0.25, -0.2) is 4.98 Å². The van der Waals surface area contributed by atoms with Crippen LogP contribution in [-0.4, -0.2) is 95.7 Å². The van der Waals surface area contributed by atoms with Crippen molar-refractivity contribution in [1.82, 2.24) is 25.0 Å². The fraction of sp³-hybridized carbons (Fsp3) is 0.750. The Morgan fingerprint density at radius 3 is 2.66 bits per heavy atom. The number of thioether (sulfide) groups is 1. The maximum atomic E-state index is 12.7. The summed E-state index contributed by atoms with van der Waals surface area (Å²) in [5.41, 5.74) is 0. The number of aromatic nitrogens is 1. The molecule has 3 heterocycles. The Morgan fingerprint density at radius 2 is 2.00 bits per heavy atom. The number of guanidine groups is 1. The van der Waals surface area contributed by atoms with E-state index in [1.807, 2.05) is 16.5 Å². The number of carbonyl (C=O) groups excluding carboxylic acids is 1. The largest absolute Gasteiger partial charge is 0.357 e. The molecule has 2 aliphatic rings. The van der Waals surface area contributed by atoms with Crippen molar-refractivity contribution >= 4 is 35.0 Å². The molecule has 7 nitrogen and oxygen atoms in total. The highest BCUT2D eigenvalue weighted by Crippen LogP contribution is 2.20. The molecular formula is C20H34N6OS2. The fourth-order valence-corrected chi connectivity index (χ4v) is 5.43. The molecule has 0 spiro atoms. The van der Waals surface area contributed by atoms with Gasteiger partial charge in [-0.3, -0.25) is 14.7 Å². The number of carbonyl (C=O) groups is 1. The average molecular weight is 439 g/mol. The van der Waals surface area contributed by atoms with Crippen LogP contribution in [0.3, 0.4) is 0 Å². The monoisotopic (exact) mass is 438 g/mol. The van der Waals surface area contributed by atoms with E-state index in [4.69, 9.17) is 4.99 Å². The van der Waals surface area contributed by atoms with E-state index in [1.54, 1.807) is 23.1 Å². The molecule has 3 rings (SSSR count). The van der Waals surface area contributed by atoms with Gasteiger partial charge in [0.1, 0.15) is 4.34 Å². The van der Waals surface area contributed by atoms with Crippen LogP contribution < -0.4 is 5.32 Å². The van der Waals surface area contributed by atoms with Gasteiger partial charge in [0.05, 0.1) is 6.04 Å². The predicted octanol–water partition coefficient (Wildman–Crippen LogP) is 2.22. The van der Waals surface area contributed by atoms with Crippen LogP contribution in [-0.2, 0) is 4.79 Å². The number of hydrogen-bond acceptors (Lipinski definition) is 6. The number of hydrogen-bond donors (Lipinski definition) is 1. The van der Waals surface area contributed by atoms with Crippen molar-refractivity contribution in [3.05, 3.63) is 11.6 Å². The van der Waals surface area contributed by atoms with Gasteiger partial charge in [-0.1, -0.05) is 11.8 Å². The molecule has 0 saturated carbocycles. The van der Waals surface area contributed by atoms with E-state index in [1.165, 1.54) is 0 Å². The van der Waals surface area contributed by atoms with Crippen LogP contribution >= 0.6 is 23.1 Å². The second-order valence-corrected chi connectivity index (χ2v) is 9.70. The fourth-order valence-electron chi connectivity index (χ4n) is 3.80. The van der Waals surface area contributed by atoms with E-state index < -0.39 is 0 Å². The molecule has 1 amide bonds. The molecule has 2 saturated heterocycles. The van der Waals surface area contributed by atoms with Crippen molar-refractivity contribution in [3.8, 4) is 0 Å². The van der Waals surface area contributed by atoms with Crippen molar-refractivity contribution in [3.63, 3.8) is 0 Å². The minimum Gasteiger partial charge on any atom is -0.357 e. The van der Waals surface area contributed by atoms with Gasteiger partial charge in [-0.15, -0.1) is 11.3 Å². The van der Waals surface area contributed by atoms with Gasteiger partial charge in [-0.05, 0) is 33.1 Å². The highest BCUT2D eigenvalue weighted by Gasteiger charge is 2.30. The maximum Gasteiger partial charge on any atom is 0.239 e. The summed E-state index contributed by atoms with van der Waals surface area (Å²) in [4.78, 5) is 28.5. The molecule has 0 bridgehead atoms. The first-order valence-corrected chi connectivity index (χ1v) is 12.6. The summed E-state index contributed by atoms with van der Waals surface area (Å²) in [6, 6.07) is -0.0161. The highest BCUT2D eigenvalue weighted by atomic mass is 32.2. The predicted molar refractivity (Wildman–Crippen MR) is 122 cm³/mol. The Morgan fingerprint density at radius 1 is 1.24 bits per heavy atom. The molecule has 162 valence electrons. The zero-order valence-corrected chi connectivity index (χ0v) is 19.3. The number of likely N-dealkylation sites (tertiary alicyclic amines) is 1. The lowest BCUT2D eigenvalue weighted by atomic mass is 10.2. The zero-order valence-electron chi connectivity index (χ0n) is 17.7. The molecule has 0 aliphatic carbocycles. The topological polar surface area (TPSA) is 64.1 Å². The third-order valence-electron chi connectivity index (χ3n) is 5.47. The van der Waals surface area contributed by atoms with E-state index in [0.29, 0.717) is 5.91 Å². The van der Waals surface area contributed by atoms with Crippen LogP contribution in [0.2, 0.25) is 0 Å². The third kappa shape index (κ3) is 6.58. The van der Waals surface area contributed by atoms with Crippen molar-refractivity contribution in [2.75, 3.05) is 58.1 Å². The first-order valence-electron chi connectivity index (χ1n) is 10.8. The Hall–Kier alpha value is -1.32. The van der Waals surface area contributed by atoms with E-state index in [0.717, 1.165) is 87.7 Å². The van der Waals surface area contributed by atoms with Crippen LogP contribution in [0.1, 0.15) is 33.1 Å². The third-order valence-corrected chi connectivity index (χ3v) is 7.52. The van der Waals surface area contributed by atoms with Crippen LogP contribution in [0.5, 0.6) is 0 Å². The van der Waals surface area contributed by atoms with Gasteiger partial charge in [0, 0.05) is 69.7 Å². The number of aliphatic imine (C=N–C) groups is 1. The lowest BCUT2D eigenvalue weighted by Gasteiger charge is -2.39. The highest BCUT2D eigenvalue weighted by molar-refractivity contribution is 8.00. The van der Waals surface area contributed by atoms with E-state index >= 15 is 0 Å². The molecule has 1 aromatic rings. The normalized spacial score (nSPS) is 19.6. The number of nitrogens with zero attached hydrogens (tertiary/aromatic N) is 5. The zero-order chi connectivity index (χ0) is 20.5. The molecule has 2 fully saturated rings. The van der Waals surface area contributed by atoms with Gasteiger partial charge in [0.25, 0.3) is 0 Å². The summed E-state index contributed by atoms with van der Waals surface area (Å²) in [6.07, 6.45) is 5.20. The van der Waals surface area contributed by atoms with Gasteiger partial charge in [0.15, 0.2) is 5.96 Å². The smallest absolute Gasteiger partial charge is 0.239 e. The van der Waals surface area contributed by atoms with Crippen LogP contribution in [0.15, 0.2) is 20.9 Å². The number of amides is 1. The first-order chi connectivity index (χ1) is 14.2. The van der Waals surface area contributed by atoms with Crippen molar-refractivity contribution in [2.24, 2.45) is 4.99 Å². The Kier molecular flexibility index (Phi) is 9.07. The summed E-state index contributed by atoms with van der Waals surface area (Å²) < 4.78 is 1.13. The van der Waals surface area contributed by atoms with E-state index in [9.17, 15) is 4.79 Å². The van der Waals surface area contributed by atoms with Gasteiger partial charge in [0.2, 0.25) is 5.91 Å². The van der Waals surface area contributed by atoms with Gasteiger partial charge < -0.3 is 15.1 Å². The number of rotatable bonds is 8. The summed E-state index contributed by atoms with van der Waals surface area (Å²) in [5.74, 6) is 2.35. The lowest BCUT2D eigenvalue weighted by molar-refractivity contribution is -0.135. The Balaban J connectivity index is 1.42. The molecule has 1 aromatic heterocycles. The molecule has 0 radical (unpaired) electrons. The Labute approximate surface area is 182 Å². The minimum atomic E-state index is -0.0161. The molecule has 0 aromatic carbocycles. The second kappa shape index (κ2) is 11.8. The summed E-state index contributed by atoms with van der Waals surface area (Å²) in [6.45, 7) is 11.4. The second-order valence-electron chi connectivity index (χ2n) is 7.47. The van der Waals surface area contributed by atoms with Crippen LogP contribution in [0.4, 0.5) is 0 Å². The van der Waals surface area contributed by atoms with E-state index in [-0.39, 0.29) is 6.04 Å². The molecule has 1 atom stereocenters. The average Bonchev–Trinajstić information content (AvgIpc) is 3.46. The molecule has 2 aliphatic heterocycles. The lowest BCUT2D eigenvalue weighted by Crippen LogP contribution is -2.57. The van der Waals surface area contributed by atoms with Crippen LogP contribution in [0.25, 0.3) is 0 Å². The first kappa shape index (κ1) is 22.4. The van der Waals surface area contributed by atoms with Crippen molar-refractivity contribution in [1.29, 1.82) is 0 Å². The number of piperazine rings is 1. The van der Waals surface area contributed by atoms with Crippen molar-refractivity contribution < 1.29 is 4.79 Å². The molecule has 29 heavy (non-hydrogen) atoms. The SMILES string of the molecule is CCNC(=NCCCSc1nccs1)N1CCN(C(C)C(=O)N2CCCC2)CC1. The number of nitrogens with one attached hydrogen (secondary N) is 1. The summed E-state index contributed by atoms with van der Waals surface area (Å²) in [7, 11) is 0. The van der Waals surface area contributed by atoms with Crippen LogP contribution in [0, 0.1) is 0 Å². The van der Waals surface area contributed by atoms with E-state index in [2.05, 4.69) is 33.9 Å². The molecular weight excluding hydrogens is 404 g/mol.